The largest absolute Gasteiger partial charge is 0.327 e. The van der Waals surface area contributed by atoms with Crippen molar-refractivity contribution in [1.82, 2.24) is 5.43 Å². The van der Waals surface area contributed by atoms with E-state index in [0.717, 1.165) is 31.6 Å². The van der Waals surface area contributed by atoms with Gasteiger partial charge in [-0.2, -0.15) is 5.10 Å². The molecule has 0 radical (unpaired) electrons. The van der Waals surface area contributed by atoms with Crippen LogP contribution in [0.5, 0.6) is 0 Å². The Morgan fingerprint density at radius 2 is 1.66 bits per heavy atom. The van der Waals surface area contributed by atoms with Gasteiger partial charge in [0.05, 0.1) is 12.8 Å². The molecule has 0 fully saturated rings. The molecule has 1 amide bonds. The second-order valence-electron chi connectivity index (χ2n) is 9.64. The maximum Gasteiger partial charge on any atom is 0.271 e. The molecule has 0 saturated carbocycles. The van der Waals surface area contributed by atoms with E-state index in [1.807, 2.05) is 24.3 Å². The van der Waals surface area contributed by atoms with Crippen LogP contribution in [-0.2, 0) is 24.9 Å². The number of carbonyl (C=O) groups is 1. The lowest BCUT2D eigenvalue weighted by molar-refractivity contribution is -0.929. The Balaban J connectivity index is 1.30. The number of rotatable bonds is 5. The monoisotopic (exact) mass is 426 g/mol. The van der Waals surface area contributed by atoms with Crippen molar-refractivity contribution in [3.8, 4) is 0 Å². The second-order valence-corrected chi connectivity index (χ2v) is 9.64. The van der Waals surface area contributed by atoms with E-state index in [1.54, 1.807) is 11.1 Å². The average molecular weight is 427 g/mol. The minimum atomic E-state index is -0.196. The van der Waals surface area contributed by atoms with Crippen molar-refractivity contribution in [3.63, 3.8) is 0 Å². The molecule has 1 aliphatic heterocycles. The molecule has 2 N–H and O–H groups in total. The van der Waals surface area contributed by atoms with Gasteiger partial charge in [0.15, 0.2) is 0 Å². The number of hydrogen-bond donors (Lipinski definition) is 2. The maximum absolute atomic E-state index is 12.4. The molecule has 32 heavy (non-hydrogen) atoms. The third kappa shape index (κ3) is 5.51. The standard InChI is InChI=1S/C28H31N3O/c1-28(2,3)26-14-10-21(11-15-26)18-29-30-27(32)24-12-8-22(9-13-24)19-31-17-16-23-6-4-5-7-25(23)20-31/h4-15,18H,16-17,19-20H2,1-3H3,(H,30,32)/p+1/b29-18-. The first-order chi connectivity index (χ1) is 15.4. The van der Waals surface area contributed by atoms with Crippen molar-refractivity contribution in [1.29, 1.82) is 0 Å². The summed E-state index contributed by atoms with van der Waals surface area (Å²) in [5, 5.41) is 4.12. The van der Waals surface area contributed by atoms with Crippen molar-refractivity contribution in [2.24, 2.45) is 5.10 Å². The molecule has 1 aliphatic rings. The average Bonchev–Trinajstić information content (AvgIpc) is 2.79. The Hall–Kier alpha value is -3.24. The lowest BCUT2D eigenvalue weighted by atomic mass is 9.87. The molecular formula is C28H32N3O+. The van der Waals surface area contributed by atoms with Gasteiger partial charge >= 0.3 is 0 Å². The van der Waals surface area contributed by atoms with Crippen molar-refractivity contribution >= 4 is 12.1 Å². The van der Waals surface area contributed by atoms with Crippen LogP contribution in [0.15, 0.2) is 77.9 Å². The third-order valence-electron chi connectivity index (χ3n) is 6.13. The first kappa shape index (κ1) is 22.0. The quantitative estimate of drug-likeness (QED) is 0.472. The van der Waals surface area contributed by atoms with Gasteiger partial charge < -0.3 is 4.90 Å². The zero-order valence-electron chi connectivity index (χ0n) is 19.2. The predicted molar refractivity (Wildman–Crippen MR) is 130 cm³/mol. The highest BCUT2D eigenvalue weighted by molar-refractivity contribution is 5.94. The number of hydrogen-bond acceptors (Lipinski definition) is 2. The number of hydrazone groups is 1. The molecule has 0 aromatic heterocycles. The third-order valence-corrected chi connectivity index (χ3v) is 6.13. The Morgan fingerprint density at radius 1 is 0.969 bits per heavy atom. The Bertz CT molecular complexity index is 1090. The number of carbonyl (C=O) groups excluding carboxylic acids is 1. The molecule has 0 saturated heterocycles. The van der Waals surface area contributed by atoms with Crippen LogP contribution in [-0.4, -0.2) is 18.7 Å². The summed E-state index contributed by atoms with van der Waals surface area (Å²) >= 11 is 0. The molecule has 4 heteroatoms. The van der Waals surface area contributed by atoms with Gasteiger partial charge in [0.25, 0.3) is 5.91 Å². The van der Waals surface area contributed by atoms with E-state index < -0.39 is 0 Å². The minimum Gasteiger partial charge on any atom is -0.327 e. The van der Waals surface area contributed by atoms with Gasteiger partial charge in [-0.25, -0.2) is 5.43 Å². The van der Waals surface area contributed by atoms with Crippen LogP contribution in [0.25, 0.3) is 0 Å². The molecule has 164 valence electrons. The van der Waals surface area contributed by atoms with E-state index in [-0.39, 0.29) is 11.3 Å². The second kappa shape index (κ2) is 9.49. The van der Waals surface area contributed by atoms with Gasteiger partial charge in [-0.3, -0.25) is 4.79 Å². The van der Waals surface area contributed by atoms with E-state index in [2.05, 4.69) is 79.8 Å². The van der Waals surface area contributed by atoms with E-state index >= 15 is 0 Å². The molecule has 1 heterocycles. The number of amides is 1. The van der Waals surface area contributed by atoms with Gasteiger partial charge in [0.1, 0.15) is 13.1 Å². The van der Waals surface area contributed by atoms with Crippen LogP contribution >= 0.6 is 0 Å². The van der Waals surface area contributed by atoms with Crippen molar-refractivity contribution in [3.05, 3.63) is 106 Å². The molecular weight excluding hydrogens is 394 g/mol. The van der Waals surface area contributed by atoms with Crippen molar-refractivity contribution < 1.29 is 9.69 Å². The summed E-state index contributed by atoms with van der Waals surface area (Å²) in [6, 6.07) is 24.8. The lowest BCUT2D eigenvalue weighted by Crippen LogP contribution is -3.10. The maximum atomic E-state index is 12.4. The van der Waals surface area contributed by atoms with E-state index in [4.69, 9.17) is 0 Å². The van der Waals surface area contributed by atoms with Crippen LogP contribution in [0.4, 0.5) is 0 Å². The van der Waals surface area contributed by atoms with Crippen LogP contribution in [0.2, 0.25) is 0 Å². The van der Waals surface area contributed by atoms with Gasteiger partial charge in [-0.1, -0.05) is 81.4 Å². The van der Waals surface area contributed by atoms with Gasteiger partial charge in [-0.15, -0.1) is 0 Å². The normalized spacial score (nSPS) is 16.0. The summed E-state index contributed by atoms with van der Waals surface area (Å²) < 4.78 is 0. The molecule has 0 bridgehead atoms. The first-order valence-corrected chi connectivity index (χ1v) is 11.3. The zero-order valence-corrected chi connectivity index (χ0v) is 19.2. The molecule has 1 unspecified atom stereocenters. The fourth-order valence-electron chi connectivity index (χ4n) is 4.16. The van der Waals surface area contributed by atoms with Gasteiger partial charge in [-0.05, 0) is 34.2 Å². The van der Waals surface area contributed by atoms with Crippen LogP contribution in [0.3, 0.4) is 0 Å². The summed E-state index contributed by atoms with van der Waals surface area (Å²) in [5.74, 6) is -0.196. The molecule has 4 nitrogen and oxygen atoms in total. The molecule has 0 spiro atoms. The molecule has 4 rings (SSSR count). The molecule has 0 aliphatic carbocycles. The first-order valence-electron chi connectivity index (χ1n) is 11.3. The number of quaternary nitrogens is 1. The molecule has 3 aromatic rings. The topological polar surface area (TPSA) is 45.9 Å². The fourth-order valence-corrected chi connectivity index (χ4v) is 4.16. The fraction of sp³-hybridized carbons (Fsp3) is 0.286. The highest BCUT2D eigenvalue weighted by Crippen LogP contribution is 2.21. The Labute approximate surface area is 191 Å². The van der Waals surface area contributed by atoms with Crippen LogP contribution in [0.1, 0.15) is 58.9 Å². The lowest BCUT2D eigenvalue weighted by Gasteiger charge is -2.26. The van der Waals surface area contributed by atoms with Gasteiger partial charge in [0.2, 0.25) is 0 Å². The van der Waals surface area contributed by atoms with Crippen LogP contribution in [0, 0.1) is 0 Å². The smallest absolute Gasteiger partial charge is 0.271 e. The summed E-state index contributed by atoms with van der Waals surface area (Å²) in [5.41, 5.74) is 9.78. The number of fused-ring (bicyclic) bond motifs is 1. The van der Waals surface area contributed by atoms with E-state index in [9.17, 15) is 4.79 Å². The minimum absolute atomic E-state index is 0.121. The highest BCUT2D eigenvalue weighted by atomic mass is 16.2. The van der Waals surface area contributed by atoms with E-state index in [1.165, 1.54) is 22.3 Å². The summed E-state index contributed by atoms with van der Waals surface area (Å²) in [7, 11) is 0. The molecule has 1 atom stereocenters. The number of nitrogens with zero attached hydrogens (tertiary/aromatic N) is 1. The van der Waals surface area contributed by atoms with Crippen molar-refractivity contribution in [2.75, 3.05) is 6.54 Å². The SMILES string of the molecule is CC(C)(C)c1ccc(/C=N\NC(=O)c2ccc(C[NH+]3CCc4ccccc4C3)cc2)cc1. The Morgan fingerprint density at radius 3 is 2.34 bits per heavy atom. The summed E-state index contributed by atoms with van der Waals surface area (Å²) in [4.78, 5) is 14.0. The molecule has 3 aromatic carbocycles. The number of benzene rings is 3. The number of nitrogens with one attached hydrogen (secondary N) is 2. The van der Waals surface area contributed by atoms with Gasteiger partial charge in [0, 0.05) is 23.1 Å². The predicted octanol–water partition coefficient (Wildman–Crippen LogP) is 3.89. The zero-order chi connectivity index (χ0) is 22.6. The van der Waals surface area contributed by atoms with Crippen molar-refractivity contribution in [2.45, 2.75) is 45.7 Å². The van der Waals surface area contributed by atoms with Crippen LogP contribution < -0.4 is 10.3 Å². The van der Waals surface area contributed by atoms with E-state index in [0.29, 0.717) is 5.56 Å². The highest BCUT2D eigenvalue weighted by Gasteiger charge is 2.19. The summed E-state index contributed by atoms with van der Waals surface area (Å²) in [6.07, 6.45) is 2.80. The Kier molecular flexibility index (Phi) is 6.52. The summed E-state index contributed by atoms with van der Waals surface area (Å²) in [6.45, 7) is 9.74.